The zero-order chi connectivity index (χ0) is 14.4. The third-order valence-corrected chi connectivity index (χ3v) is 3.53. The molecular formula is C16H10FNO3. The number of ether oxygens (including phenoxy) is 2. The molecule has 0 fully saturated rings. The highest BCUT2D eigenvalue weighted by Crippen LogP contribution is 2.40. The minimum Gasteiger partial charge on any atom is -0.454 e. The van der Waals surface area contributed by atoms with Crippen molar-refractivity contribution < 1.29 is 18.7 Å². The second-order valence-corrected chi connectivity index (χ2v) is 4.89. The van der Waals surface area contributed by atoms with Gasteiger partial charge in [0.25, 0.3) is 0 Å². The van der Waals surface area contributed by atoms with Crippen LogP contribution in [0.15, 0.2) is 41.4 Å². The molecule has 4 rings (SSSR count). The summed E-state index contributed by atoms with van der Waals surface area (Å²) in [6.45, 7) is 0.146. The standard InChI is InChI=1S/C16H10FNO3/c17-10-3-1-2-9(4-10)12-6-14(19)11-5-15-16(21-8-20-15)7-13(11)18-12/h1-5,7H,6,8H2. The van der Waals surface area contributed by atoms with Crippen LogP contribution in [0.4, 0.5) is 10.1 Å². The molecule has 0 spiro atoms. The number of halogens is 1. The summed E-state index contributed by atoms with van der Waals surface area (Å²) in [7, 11) is 0. The summed E-state index contributed by atoms with van der Waals surface area (Å²) in [4.78, 5) is 16.8. The van der Waals surface area contributed by atoms with Crippen LogP contribution in [0.1, 0.15) is 22.3 Å². The Balaban J connectivity index is 1.84. The maximum Gasteiger partial charge on any atom is 0.231 e. The molecule has 0 amide bonds. The van der Waals surface area contributed by atoms with Crippen molar-refractivity contribution in [2.75, 3.05) is 6.79 Å². The van der Waals surface area contributed by atoms with E-state index in [1.165, 1.54) is 12.1 Å². The summed E-state index contributed by atoms with van der Waals surface area (Å²) in [5.41, 5.74) is 2.23. The van der Waals surface area contributed by atoms with Gasteiger partial charge in [0.05, 0.1) is 17.8 Å². The third kappa shape index (κ3) is 1.98. The number of benzene rings is 2. The monoisotopic (exact) mass is 283 g/mol. The highest BCUT2D eigenvalue weighted by molar-refractivity contribution is 6.21. The maximum atomic E-state index is 13.3. The van der Waals surface area contributed by atoms with E-state index in [0.29, 0.717) is 34.0 Å². The molecule has 0 bridgehead atoms. The van der Waals surface area contributed by atoms with E-state index in [4.69, 9.17) is 9.47 Å². The fourth-order valence-electron chi connectivity index (χ4n) is 2.51. The van der Waals surface area contributed by atoms with E-state index in [9.17, 15) is 9.18 Å². The van der Waals surface area contributed by atoms with Gasteiger partial charge in [0, 0.05) is 11.6 Å². The minimum absolute atomic E-state index is 0.0578. The third-order valence-electron chi connectivity index (χ3n) is 3.53. The molecule has 0 N–H and O–H groups in total. The summed E-state index contributed by atoms with van der Waals surface area (Å²) in [5.74, 6) is 0.731. The van der Waals surface area contributed by atoms with Gasteiger partial charge >= 0.3 is 0 Å². The van der Waals surface area contributed by atoms with Crippen molar-refractivity contribution in [3.05, 3.63) is 53.3 Å². The first kappa shape index (κ1) is 12.1. The Labute approximate surface area is 119 Å². The smallest absolute Gasteiger partial charge is 0.231 e. The van der Waals surface area contributed by atoms with Crippen LogP contribution in [-0.2, 0) is 0 Å². The molecule has 0 saturated heterocycles. The number of rotatable bonds is 1. The summed E-state index contributed by atoms with van der Waals surface area (Å²) < 4.78 is 23.9. The molecule has 0 radical (unpaired) electrons. The van der Waals surface area contributed by atoms with Gasteiger partial charge in [-0.25, -0.2) is 4.39 Å². The lowest BCUT2D eigenvalue weighted by Gasteiger charge is -2.15. The quantitative estimate of drug-likeness (QED) is 0.807. The van der Waals surface area contributed by atoms with Gasteiger partial charge in [0.1, 0.15) is 5.82 Å². The number of hydrogen-bond acceptors (Lipinski definition) is 4. The Morgan fingerprint density at radius 1 is 1.10 bits per heavy atom. The number of nitrogens with zero attached hydrogens (tertiary/aromatic N) is 1. The average molecular weight is 283 g/mol. The lowest BCUT2D eigenvalue weighted by Crippen LogP contribution is -2.14. The largest absolute Gasteiger partial charge is 0.454 e. The zero-order valence-electron chi connectivity index (χ0n) is 10.9. The molecule has 2 aromatic rings. The van der Waals surface area contributed by atoms with E-state index in [0.717, 1.165) is 0 Å². The zero-order valence-corrected chi connectivity index (χ0v) is 10.9. The van der Waals surface area contributed by atoms with E-state index in [2.05, 4.69) is 4.99 Å². The van der Waals surface area contributed by atoms with Crippen LogP contribution >= 0.6 is 0 Å². The first-order valence-electron chi connectivity index (χ1n) is 6.51. The molecule has 104 valence electrons. The molecule has 0 atom stereocenters. The molecule has 0 unspecified atom stereocenters. The first-order valence-corrected chi connectivity index (χ1v) is 6.51. The van der Waals surface area contributed by atoms with Crippen molar-refractivity contribution in [1.82, 2.24) is 0 Å². The fraction of sp³-hybridized carbons (Fsp3) is 0.125. The number of carbonyl (C=O) groups excluding carboxylic acids is 1. The van der Waals surface area contributed by atoms with Crippen LogP contribution < -0.4 is 9.47 Å². The van der Waals surface area contributed by atoms with Gasteiger partial charge in [-0.15, -0.1) is 0 Å². The van der Waals surface area contributed by atoms with Crippen LogP contribution in [0.2, 0.25) is 0 Å². The molecule has 21 heavy (non-hydrogen) atoms. The second kappa shape index (κ2) is 4.41. The maximum absolute atomic E-state index is 13.3. The molecule has 0 aliphatic carbocycles. The van der Waals surface area contributed by atoms with Crippen LogP contribution in [0.3, 0.4) is 0 Å². The van der Waals surface area contributed by atoms with Crippen LogP contribution in [-0.4, -0.2) is 18.3 Å². The van der Waals surface area contributed by atoms with E-state index < -0.39 is 0 Å². The Morgan fingerprint density at radius 2 is 1.90 bits per heavy atom. The molecule has 2 aliphatic rings. The Kier molecular flexibility index (Phi) is 2.54. The van der Waals surface area contributed by atoms with Crippen molar-refractivity contribution >= 4 is 17.2 Å². The van der Waals surface area contributed by atoms with Crippen LogP contribution in [0.25, 0.3) is 0 Å². The van der Waals surface area contributed by atoms with E-state index >= 15 is 0 Å². The Hall–Kier alpha value is -2.69. The molecule has 2 heterocycles. The minimum atomic E-state index is -0.348. The van der Waals surface area contributed by atoms with Crippen LogP contribution in [0.5, 0.6) is 11.5 Å². The van der Waals surface area contributed by atoms with Crippen molar-refractivity contribution in [3.8, 4) is 11.5 Å². The SMILES string of the molecule is O=C1CC(c2cccc(F)c2)=Nc2cc3c(cc21)OCO3. The molecular weight excluding hydrogens is 273 g/mol. The predicted molar refractivity (Wildman–Crippen MR) is 74.1 cm³/mol. The number of aliphatic imine (C=N–C) groups is 1. The number of carbonyl (C=O) groups is 1. The van der Waals surface area contributed by atoms with Crippen molar-refractivity contribution in [2.45, 2.75) is 6.42 Å². The average Bonchev–Trinajstić information content (AvgIpc) is 2.92. The molecule has 2 aromatic carbocycles. The number of ketones is 1. The molecule has 2 aliphatic heterocycles. The molecule has 5 heteroatoms. The van der Waals surface area contributed by atoms with Crippen LogP contribution in [0, 0.1) is 5.82 Å². The highest BCUT2D eigenvalue weighted by Gasteiger charge is 2.25. The summed E-state index contributed by atoms with van der Waals surface area (Å²) >= 11 is 0. The second-order valence-electron chi connectivity index (χ2n) is 4.89. The van der Waals surface area contributed by atoms with Gasteiger partial charge in [-0.1, -0.05) is 12.1 Å². The molecule has 0 aromatic heterocycles. The summed E-state index contributed by atoms with van der Waals surface area (Å²) in [6, 6.07) is 9.44. The van der Waals surface area contributed by atoms with Gasteiger partial charge < -0.3 is 9.47 Å². The summed E-state index contributed by atoms with van der Waals surface area (Å²) in [6.07, 6.45) is 0.149. The van der Waals surface area contributed by atoms with Gasteiger partial charge in [-0.3, -0.25) is 9.79 Å². The molecule has 4 nitrogen and oxygen atoms in total. The summed E-state index contributed by atoms with van der Waals surface area (Å²) in [5, 5.41) is 0. The van der Waals surface area contributed by atoms with Crippen molar-refractivity contribution in [1.29, 1.82) is 0 Å². The van der Waals surface area contributed by atoms with E-state index in [1.807, 2.05) is 0 Å². The van der Waals surface area contributed by atoms with Gasteiger partial charge in [-0.2, -0.15) is 0 Å². The van der Waals surface area contributed by atoms with Crippen molar-refractivity contribution in [3.63, 3.8) is 0 Å². The molecule has 0 saturated carbocycles. The van der Waals surface area contributed by atoms with E-state index in [1.54, 1.807) is 24.3 Å². The van der Waals surface area contributed by atoms with Gasteiger partial charge in [0.2, 0.25) is 6.79 Å². The normalized spacial score (nSPS) is 15.7. The highest BCUT2D eigenvalue weighted by atomic mass is 19.1. The lowest BCUT2D eigenvalue weighted by molar-refractivity contribution is 0.0999. The number of fused-ring (bicyclic) bond motifs is 2. The Bertz CT molecular complexity index is 798. The first-order chi connectivity index (χ1) is 10.2. The topological polar surface area (TPSA) is 47.9 Å². The van der Waals surface area contributed by atoms with Crippen molar-refractivity contribution in [2.24, 2.45) is 4.99 Å². The van der Waals surface area contributed by atoms with Gasteiger partial charge in [0.15, 0.2) is 17.3 Å². The lowest BCUT2D eigenvalue weighted by atomic mass is 9.96. The number of Topliss-reactive ketones (excluding diaryl/α,β-unsaturated/α-hetero) is 1. The fourth-order valence-corrected chi connectivity index (χ4v) is 2.51. The Morgan fingerprint density at radius 3 is 2.71 bits per heavy atom. The predicted octanol–water partition coefficient (Wildman–Crippen LogP) is 3.26. The van der Waals surface area contributed by atoms with E-state index in [-0.39, 0.29) is 24.8 Å². The van der Waals surface area contributed by atoms with Gasteiger partial charge in [-0.05, 0) is 23.8 Å². The number of hydrogen-bond donors (Lipinski definition) is 0.